The minimum Gasteiger partial charge on any atom is -0.394 e. The molecule has 0 aromatic carbocycles. The summed E-state index contributed by atoms with van der Waals surface area (Å²) in [6.45, 7) is 7.13. The number of nitrogens with one attached hydrogen (secondary N) is 1. The molecular formula is C12H25BN2. The lowest BCUT2D eigenvalue weighted by Gasteiger charge is -2.29. The van der Waals surface area contributed by atoms with Crippen molar-refractivity contribution in [1.29, 1.82) is 0 Å². The van der Waals surface area contributed by atoms with Crippen LogP contribution in [0.2, 0.25) is 6.32 Å². The largest absolute Gasteiger partial charge is 0.394 e. The Morgan fingerprint density at radius 3 is 2.87 bits per heavy atom. The van der Waals surface area contributed by atoms with Crippen molar-refractivity contribution in [2.24, 2.45) is 11.7 Å². The molecule has 3 heteroatoms. The number of hydrogen-bond donors (Lipinski definition) is 2. The van der Waals surface area contributed by atoms with Crippen LogP contribution < -0.4 is 11.1 Å². The molecule has 0 spiro atoms. The van der Waals surface area contributed by atoms with Gasteiger partial charge in [0.2, 0.25) is 0 Å². The maximum atomic E-state index is 5.48. The zero-order valence-corrected chi connectivity index (χ0v) is 10.1. The zero-order chi connectivity index (χ0) is 11.1. The Kier molecular flexibility index (Phi) is 5.85. The Morgan fingerprint density at radius 2 is 2.33 bits per heavy atom. The minimum absolute atomic E-state index is 0.679. The summed E-state index contributed by atoms with van der Waals surface area (Å²) < 4.78 is 0. The topological polar surface area (TPSA) is 38.0 Å². The van der Waals surface area contributed by atoms with Gasteiger partial charge < -0.3 is 11.1 Å². The second-order valence-electron chi connectivity index (χ2n) is 4.77. The SMILES string of the molecule is C=C(CCCN)NC1BCC(CC)CC1. The third-order valence-corrected chi connectivity index (χ3v) is 3.52. The van der Waals surface area contributed by atoms with Crippen LogP contribution in [0.5, 0.6) is 0 Å². The molecule has 2 unspecified atom stereocenters. The van der Waals surface area contributed by atoms with Gasteiger partial charge >= 0.3 is 0 Å². The number of hydrogen-bond acceptors (Lipinski definition) is 2. The molecule has 0 radical (unpaired) electrons. The van der Waals surface area contributed by atoms with Crippen LogP contribution in [-0.4, -0.2) is 19.8 Å². The molecule has 0 amide bonds. The molecule has 0 bridgehead atoms. The predicted octanol–water partition coefficient (Wildman–Crippen LogP) is 1.83. The third-order valence-electron chi connectivity index (χ3n) is 3.52. The van der Waals surface area contributed by atoms with Gasteiger partial charge in [0.05, 0.1) is 0 Å². The van der Waals surface area contributed by atoms with Crippen LogP contribution >= 0.6 is 0 Å². The first-order valence-corrected chi connectivity index (χ1v) is 6.40. The lowest BCUT2D eigenvalue weighted by atomic mass is 9.56. The van der Waals surface area contributed by atoms with E-state index in [1.165, 1.54) is 38.6 Å². The summed E-state index contributed by atoms with van der Waals surface area (Å²) in [5, 5.41) is 3.55. The molecule has 1 rings (SSSR count). The monoisotopic (exact) mass is 208 g/mol. The molecule has 15 heavy (non-hydrogen) atoms. The van der Waals surface area contributed by atoms with E-state index >= 15 is 0 Å². The quantitative estimate of drug-likeness (QED) is 0.653. The second kappa shape index (κ2) is 6.94. The Bertz CT molecular complexity index is 186. The summed E-state index contributed by atoms with van der Waals surface area (Å²) in [5.41, 5.74) is 6.66. The Balaban J connectivity index is 2.15. The van der Waals surface area contributed by atoms with Gasteiger partial charge in [0.1, 0.15) is 7.28 Å². The van der Waals surface area contributed by atoms with E-state index in [-0.39, 0.29) is 0 Å². The van der Waals surface area contributed by atoms with Gasteiger partial charge in [0.25, 0.3) is 0 Å². The predicted molar refractivity (Wildman–Crippen MR) is 69.3 cm³/mol. The Morgan fingerprint density at radius 1 is 1.53 bits per heavy atom. The summed E-state index contributed by atoms with van der Waals surface area (Å²) in [5.74, 6) is 1.65. The molecular weight excluding hydrogens is 183 g/mol. The molecule has 1 fully saturated rings. The van der Waals surface area contributed by atoms with Gasteiger partial charge in [-0.05, 0) is 44.1 Å². The molecule has 0 aromatic rings. The highest BCUT2D eigenvalue weighted by molar-refractivity contribution is 6.38. The van der Waals surface area contributed by atoms with E-state index in [1.54, 1.807) is 0 Å². The van der Waals surface area contributed by atoms with Gasteiger partial charge in [-0.25, -0.2) is 0 Å². The normalized spacial score (nSPS) is 25.7. The molecule has 3 N–H and O–H groups in total. The Hall–Kier alpha value is -0.435. The maximum Gasteiger partial charge on any atom is 0.149 e. The van der Waals surface area contributed by atoms with E-state index in [2.05, 4.69) is 18.8 Å². The zero-order valence-electron chi connectivity index (χ0n) is 10.1. The summed E-state index contributed by atoms with van der Waals surface area (Å²) in [7, 11) is 1.32. The molecule has 86 valence electrons. The van der Waals surface area contributed by atoms with E-state index in [1.807, 2.05) is 0 Å². The highest BCUT2D eigenvalue weighted by atomic mass is 14.9. The van der Waals surface area contributed by atoms with Gasteiger partial charge in [-0.1, -0.05) is 26.2 Å². The highest BCUT2D eigenvalue weighted by Crippen LogP contribution is 2.23. The van der Waals surface area contributed by atoms with Crippen LogP contribution in [0.15, 0.2) is 12.3 Å². The molecule has 1 saturated heterocycles. The smallest absolute Gasteiger partial charge is 0.149 e. The van der Waals surface area contributed by atoms with Crippen LogP contribution in [0, 0.1) is 5.92 Å². The second-order valence-corrected chi connectivity index (χ2v) is 4.77. The first kappa shape index (κ1) is 12.6. The maximum absolute atomic E-state index is 5.48. The van der Waals surface area contributed by atoms with Crippen LogP contribution in [-0.2, 0) is 0 Å². The fourth-order valence-electron chi connectivity index (χ4n) is 2.39. The van der Waals surface area contributed by atoms with Gasteiger partial charge in [0, 0.05) is 5.70 Å². The van der Waals surface area contributed by atoms with E-state index in [4.69, 9.17) is 5.73 Å². The average Bonchev–Trinajstić information content (AvgIpc) is 2.27. The van der Waals surface area contributed by atoms with Crippen LogP contribution in [0.25, 0.3) is 0 Å². The van der Waals surface area contributed by atoms with Crippen molar-refractivity contribution < 1.29 is 0 Å². The number of nitrogens with two attached hydrogens (primary N) is 1. The fourth-order valence-corrected chi connectivity index (χ4v) is 2.39. The summed E-state index contributed by atoms with van der Waals surface area (Å²) in [6, 6.07) is 0. The standard InChI is InChI=1S/C12H25BN2/c1-3-11-6-7-12(13-9-11)15-10(2)5-4-8-14/h11-13,15H,2-9,14H2,1H3. The van der Waals surface area contributed by atoms with Crippen molar-refractivity contribution in [3.63, 3.8) is 0 Å². The molecule has 2 atom stereocenters. The fraction of sp³-hybridized carbons (Fsp3) is 0.833. The Labute approximate surface area is 94.9 Å². The van der Waals surface area contributed by atoms with Gasteiger partial charge in [0.15, 0.2) is 0 Å². The van der Waals surface area contributed by atoms with Gasteiger partial charge in [-0.3, -0.25) is 0 Å². The number of rotatable bonds is 6. The minimum atomic E-state index is 0.679. The van der Waals surface area contributed by atoms with Crippen molar-refractivity contribution in [3.05, 3.63) is 12.3 Å². The average molecular weight is 208 g/mol. The summed E-state index contributed by atoms with van der Waals surface area (Å²) in [6.07, 6.45) is 7.53. The molecule has 1 aliphatic heterocycles. The van der Waals surface area contributed by atoms with Crippen molar-refractivity contribution >= 4 is 7.28 Å². The molecule has 0 aromatic heterocycles. The van der Waals surface area contributed by atoms with Gasteiger partial charge in [-0.15, -0.1) is 0 Å². The van der Waals surface area contributed by atoms with E-state index in [0.29, 0.717) is 5.94 Å². The van der Waals surface area contributed by atoms with Crippen molar-refractivity contribution in [3.8, 4) is 0 Å². The molecule has 1 heterocycles. The summed E-state index contributed by atoms with van der Waals surface area (Å²) in [4.78, 5) is 0. The van der Waals surface area contributed by atoms with Crippen LogP contribution in [0.4, 0.5) is 0 Å². The lowest BCUT2D eigenvalue weighted by molar-refractivity contribution is 0.442. The van der Waals surface area contributed by atoms with Crippen molar-refractivity contribution in [2.45, 2.75) is 51.3 Å². The lowest BCUT2D eigenvalue weighted by Crippen LogP contribution is -2.38. The molecule has 0 aliphatic carbocycles. The highest BCUT2D eigenvalue weighted by Gasteiger charge is 2.20. The van der Waals surface area contributed by atoms with E-state index in [0.717, 1.165) is 25.3 Å². The molecule has 0 saturated carbocycles. The van der Waals surface area contributed by atoms with E-state index in [9.17, 15) is 0 Å². The van der Waals surface area contributed by atoms with Gasteiger partial charge in [-0.2, -0.15) is 0 Å². The van der Waals surface area contributed by atoms with Crippen molar-refractivity contribution in [2.75, 3.05) is 6.54 Å². The van der Waals surface area contributed by atoms with Crippen LogP contribution in [0.1, 0.15) is 39.0 Å². The first-order chi connectivity index (χ1) is 7.26. The summed E-state index contributed by atoms with van der Waals surface area (Å²) >= 11 is 0. The van der Waals surface area contributed by atoms with Crippen LogP contribution in [0.3, 0.4) is 0 Å². The third kappa shape index (κ3) is 4.74. The van der Waals surface area contributed by atoms with E-state index < -0.39 is 0 Å². The number of allylic oxidation sites excluding steroid dienone is 1. The molecule has 1 aliphatic rings. The first-order valence-electron chi connectivity index (χ1n) is 6.40. The van der Waals surface area contributed by atoms with Crippen molar-refractivity contribution in [1.82, 2.24) is 5.32 Å². The molecule has 2 nitrogen and oxygen atoms in total.